The summed E-state index contributed by atoms with van der Waals surface area (Å²) >= 11 is 0. The number of rotatable bonds is 3. The molecular weight excluding hydrogens is 220 g/mol. The number of anilines is 1. The summed E-state index contributed by atoms with van der Waals surface area (Å²) in [6.45, 7) is 9.74. The van der Waals surface area contributed by atoms with Crippen LogP contribution in [0, 0.1) is 0 Å². The van der Waals surface area contributed by atoms with E-state index in [-0.39, 0.29) is 5.41 Å². The number of nitrogens with one attached hydrogen (secondary N) is 1. The third kappa shape index (κ3) is 2.63. The predicted molar refractivity (Wildman–Crippen MR) is 79.2 cm³/mol. The number of pyridine rings is 1. The monoisotopic (exact) mass is 242 g/mol. The Bertz CT molecular complexity index is 538. The topological polar surface area (TPSA) is 24.9 Å². The van der Waals surface area contributed by atoms with Gasteiger partial charge in [0.2, 0.25) is 0 Å². The molecule has 2 heteroatoms. The van der Waals surface area contributed by atoms with Crippen LogP contribution in [0.1, 0.15) is 39.8 Å². The Kier molecular flexibility index (Phi) is 3.55. The highest BCUT2D eigenvalue weighted by molar-refractivity contribution is 5.92. The van der Waals surface area contributed by atoms with Crippen LogP contribution in [0.4, 0.5) is 5.82 Å². The second-order valence-electron chi connectivity index (χ2n) is 5.75. The van der Waals surface area contributed by atoms with E-state index in [1.54, 1.807) is 0 Å². The summed E-state index contributed by atoms with van der Waals surface area (Å²) in [6, 6.07) is 10.6. The first kappa shape index (κ1) is 12.9. The van der Waals surface area contributed by atoms with Crippen LogP contribution in [0.2, 0.25) is 0 Å². The van der Waals surface area contributed by atoms with E-state index in [1.165, 1.54) is 10.8 Å². The van der Waals surface area contributed by atoms with E-state index in [4.69, 9.17) is 4.98 Å². The molecule has 18 heavy (non-hydrogen) atoms. The van der Waals surface area contributed by atoms with Gasteiger partial charge < -0.3 is 5.32 Å². The van der Waals surface area contributed by atoms with Gasteiger partial charge in [-0.15, -0.1) is 0 Å². The Hall–Kier alpha value is -1.57. The van der Waals surface area contributed by atoms with Crippen molar-refractivity contribution < 1.29 is 0 Å². The molecule has 1 N–H and O–H groups in total. The van der Waals surface area contributed by atoms with Crippen LogP contribution in [0.3, 0.4) is 0 Å². The highest BCUT2D eigenvalue weighted by Gasteiger charge is 2.17. The van der Waals surface area contributed by atoms with Crippen LogP contribution < -0.4 is 5.32 Å². The molecule has 0 saturated heterocycles. The molecule has 2 rings (SSSR count). The van der Waals surface area contributed by atoms with Crippen molar-refractivity contribution in [1.82, 2.24) is 4.98 Å². The van der Waals surface area contributed by atoms with Crippen molar-refractivity contribution in [2.75, 3.05) is 11.9 Å². The maximum absolute atomic E-state index is 4.80. The second-order valence-corrected chi connectivity index (χ2v) is 5.75. The van der Waals surface area contributed by atoms with Gasteiger partial charge in [-0.2, -0.15) is 0 Å². The Morgan fingerprint density at radius 3 is 2.56 bits per heavy atom. The lowest BCUT2D eigenvalue weighted by Gasteiger charge is -2.20. The fourth-order valence-electron chi connectivity index (χ4n) is 1.96. The maximum Gasteiger partial charge on any atom is 0.134 e. The van der Waals surface area contributed by atoms with Gasteiger partial charge in [-0.3, -0.25) is 0 Å². The van der Waals surface area contributed by atoms with Crippen LogP contribution in [-0.2, 0) is 5.41 Å². The molecule has 0 aliphatic rings. The predicted octanol–water partition coefficient (Wildman–Crippen LogP) is 4.35. The van der Waals surface area contributed by atoms with Crippen LogP contribution >= 0.6 is 0 Å². The zero-order valence-electron chi connectivity index (χ0n) is 11.7. The van der Waals surface area contributed by atoms with Gasteiger partial charge in [0.25, 0.3) is 0 Å². The van der Waals surface area contributed by atoms with E-state index in [9.17, 15) is 0 Å². The van der Waals surface area contributed by atoms with Crippen LogP contribution in [0.15, 0.2) is 30.3 Å². The molecular formula is C16H22N2. The molecule has 0 atom stereocenters. The largest absolute Gasteiger partial charge is 0.370 e. The molecule has 0 radical (unpaired) electrons. The molecule has 1 aromatic carbocycles. The van der Waals surface area contributed by atoms with Crippen molar-refractivity contribution in [2.45, 2.75) is 39.5 Å². The first-order chi connectivity index (χ1) is 8.52. The van der Waals surface area contributed by atoms with Crippen LogP contribution in [0.5, 0.6) is 0 Å². The Labute approximate surface area is 109 Å². The summed E-state index contributed by atoms with van der Waals surface area (Å²) in [5.74, 6) is 1.01. The molecule has 0 aliphatic carbocycles. The molecule has 0 unspecified atom stereocenters. The van der Waals surface area contributed by atoms with E-state index >= 15 is 0 Å². The van der Waals surface area contributed by atoms with Crippen LogP contribution in [0.25, 0.3) is 10.8 Å². The van der Waals surface area contributed by atoms with Crippen molar-refractivity contribution >= 4 is 16.6 Å². The van der Waals surface area contributed by atoms with Crippen molar-refractivity contribution in [1.29, 1.82) is 0 Å². The quantitative estimate of drug-likeness (QED) is 0.865. The lowest BCUT2D eigenvalue weighted by molar-refractivity contribution is 0.571. The molecule has 0 aliphatic heterocycles. The molecule has 1 aromatic heterocycles. The molecule has 0 spiro atoms. The molecule has 1 heterocycles. The van der Waals surface area contributed by atoms with E-state index in [1.807, 2.05) is 0 Å². The minimum absolute atomic E-state index is 0.0761. The molecule has 0 fully saturated rings. The minimum atomic E-state index is 0.0761. The molecule has 0 saturated carbocycles. The summed E-state index contributed by atoms with van der Waals surface area (Å²) < 4.78 is 0. The van der Waals surface area contributed by atoms with E-state index in [2.05, 4.69) is 63.3 Å². The summed E-state index contributed by atoms with van der Waals surface area (Å²) in [5, 5.41) is 5.91. The molecule has 2 nitrogen and oxygen atoms in total. The molecule has 0 bridgehead atoms. The Morgan fingerprint density at radius 2 is 1.89 bits per heavy atom. The van der Waals surface area contributed by atoms with Crippen molar-refractivity contribution in [3.05, 3.63) is 36.0 Å². The van der Waals surface area contributed by atoms with Gasteiger partial charge >= 0.3 is 0 Å². The fourth-order valence-corrected chi connectivity index (χ4v) is 1.96. The van der Waals surface area contributed by atoms with Crippen molar-refractivity contribution in [3.8, 4) is 0 Å². The second kappa shape index (κ2) is 4.97. The molecule has 96 valence electrons. The Balaban J connectivity index is 2.57. The first-order valence-corrected chi connectivity index (χ1v) is 6.66. The van der Waals surface area contributed by atoms with Crippen molar-refractivity contribution in [3.63, 3.8) is 0 Å². The van der Waals surface area contributed by atoms with Gasteiger partial charge in [-0.1, -0.05) is 52.0 Å². The van der Waals surface area contributed by atoms with E-state index < -0.39 is 0 Å². The number of aromatic nitrogens is 1. The number of hydrogen-bond donors (Lipinski definition) is 1. The van der Waals surface area contributed by atoms with E-state index in [0.29, 0.717) is 0 Å². The number of nitrogens with zero attached hydrogens (tertiary/aromatic N) is 1. The fraction of sp³-hybridized carbons (Fsp3) is 0.438. The standard InChI is InChI=1S/C16H22N2/c1-5-10-17-15-13-9-7-6-8-12(13)11-14(18-15)16(2,3)4/h6-9,11H,5,10H2,1-4H3,(H,17,18). The Morgan fingerprint density at radius 1 is 1.17 bits per heavy atom. The lowest BCUT2D eigenvalue weighted by atomic mass is 9.90. The summed E-state index contributed by atoms with van der Waals surface area (Å²) in [7, 11) is 0. The first-order valence-electron chi connectivity index (χ1n) is 6.66. The average Bonchev–Trinajstić information content (AvgIpc) is 2.34. The normalized spacial score (nSPS) is 11.8. The summed E-state index contributed by atoms with van der Waals surface area (Å²) in [5.41, 5.74) is 1.21. The number of fused-ring (bicyclic) bond motifs is 1. The minimum Gasteiger partial charge on any atom is -0.370 e. The number of hydrogen-bond acceptors (Lipinski definition) is 2. The molecule has 0 amide bonds. The SMILES string of the molecule is CCCNc1nc(C(C)(C)C)cc2ccccc12. The highest BCUT2D eigenvalue weighted by Crippen LogP contribution is 2.28. The van der Waals surface area contributed by atoms with Crippen molar-refractivity contribution in [2.24, 2.45) is 0 Å². The van der Waals surface area contributed by atoms with Gasteiger partial charge in [0.05, 0.1) is 0 Å². The summed E-state index contributed by atoms with van der Waals surface area (Å²) in [6.07, 6.45) is 1.11. The average molecular weight is 242 g/mol. The smallest absolute Gasteiger partial charge is 0.134 e. The number of benzene rings is 1. The van der Waals surface area contributed by atoms with Gasteiger partial charge in [-0.05, 0) is 17.9 Å². The zero-order valence-corrected chi connectivity index (χ0v) is 11.7. The maximum atomic E-state index is 4.80. The third-order valence-electron chi connectivity index (χ3n) is 3.05. The molecule has 2 aromatic rings. The third-order valence-corrected chi connectivity index (χ3v) is 3.05. The van der Waals surface area contributed by atoms with Gasteiger partial charge in [-0.25, -0.2) is 4.98 Å². The highest BCUT2D eigenvalue weighted by atomic mass is 15.0. The lowest BCUT2D eigenvalue weighted by Crippen LogP contribution is -2.15. The van der Waals surface area contributed by atoms with Gasteiger partial charge in [0.15, 0.2) is 0 Å². The van der Waals surface area contributed by atoms with Gasteiger partial charge in [0.1, 0.15) is 5.82 Å². The van der Waals surface area contributed by atoms with Gasteiger partial charge in [0, 0.05) is 23.0 Å². The zero-order chi connectivity index (χ0) is 13.2. The van der Waals surface area contributed by atoms with Crippen LogP contribution in [-0.4, -0.2) is 11.5 Å². The summed E-state index contributed by atoms with van der Waals surface area (Å²) in [4.78, 5) is 4.80. The van der Waals surface area contributed by atoms with E-state index in [0.717, 1.165) is 24.5 Å².